The van der Waals surface area contributed by atoms with E-state index in [9.17, 15) is 4.39 Å². The summed E-state index contributed by atoms with van der Waals surface area (Å²) >= 11 is 0. The fraction of sp³-hybridized carbons (Fsp3) is 0.300. The molecule has 0 saturated carbocycles. The first kappa shape index (κ1) is 17.7. The summed E-state index contributed by atoms with van der Waals surface area (Å²) in [4.78, 5) is 11.1. The molecule has 0 N–H and O–H groups in total. The summed E-state index contributed by atoms with van der Waals surface area (Å²) in [7, 11) is 1.95. The fourth-order valence-corrected chi connectivity index (χ4v) is 3.64. The highest BCUT2D eigenvalue weighted by atomic mass is 19.1. The molecular formula is C20H19FN6O2. The summed E-state index contributed by atoms with van der Waals surface area (Å²) in [6.45, 7) is 2.14. The predicted octanol–water partition coefficient (Wildman–Crippen LogP) is 3.25. The first-order valence-corrected chi connectivity index (χ1v) is 9.42. The van der Waals surface area contributed by atoms with E-state index in [1.54, 1.807) is 18.2 Å². The van der Waals surface area contributed by atoms with Gasteiger partial charge in [-0.15, -0.1) is 0 Å². The zero-order valence-electron chi connectivity index (χ0n) is 15.8. The van der Waals surface area contributed by atoms with Crippen molar-refractivity contribution >= 4 is 0 Å². The third-order valence-corrected chi connectivity index (χ3v) is 5.17. The van der Waals surface area contributed by atoms with E-state index in [2.05, 4.69) is 25.2 Å². The molecule has 1 fully saturated rings. The standard InChI is InChI=1S/C20H19FN6O2/c1-26-9-4-7-16(26)18-23-19(28-25-18)13-8-10-27(11-13)12-17-22-20(29-24-17)14-5-2-3-6-15(14)21/h2-7,9,13H,8,10-12H2,1H3. The van der Waals surface area contributed by atoms with Gasteiger partial charge in [0.15, 0.2) is 5.82 Å². The van der Waals surface area contributed by atoms with Crippen LogP contribution in [0.2, 0.25) is 0 Å². The lowest BCUT2D eigenvalue weighted by atomic mass is 10.1. The largest absolute Gasteiger partial charge is 0.348 e. The van der Waals surface area contributed by atoms with Crippen LogP contribution >= 0.6 is 0 Å². The van der Waals surface area contributed by atoms with E-state index < -0.39 is 0 Å². The van der Waals surface area contributed by atoms with Gasteiger partial charge in [-0.25, -0.2) is 4.39 Å². The number of rotatable bonds is 5. The molecule has 5 rings (SSSR count). The van der Waals surface area contributed by atoms with Crippen molar-refractivity contribution in [1.29, 1.82) is 0 Å². The average molecular weight is 394 g/mol. The molecule has 9 heteroatoms. The number of benzene rings is 1. The Morgan fingerprint density at radius 1 is 1.10 bits per heavy atom. The van der Waals surface area contributed by atoms with Gasteiger partial charge in [0.05, 0.1) is 23.7 Å². The number of nitrogens with zero attached hydrogens (tertiary/aromatic N) is 6. The van der Waals surface area contributed by atoms with E-state index in [1.807, 2.05) is 29.9 Å². The van der Waals surface area contributed by atoms with Gasteiger partial charge < -0.3 is 13.6 Å². The van der Waals surface area contributed by atoms with E-state index in [4.69, 9.17) is 9.05 Å². The summed E-state index contributed by atoms with van der Waals surface area (Å²) in [5.74, 6) is 1.74. The van der Waals surface area contributed by atoms with Crippen LogP contribution in [0.3, 0.4) is 0 Å². The van der Waals surface area contributed by atoms with Crippen molar-refractivity contribution < 1.29 is 13.4 Å². The lowest BCUT2D eigenvalue weighted by molar-refractivity contribution is 0.296. The monoisotopic (exact) mass is 394 g/mol. The highest BCUT2D eigenvalue weighted by molar-refractivity contribution is 5.53. The molecule has 0 spiro atoms. The third kappa shape index (κ3) is 3.44. The van der Waals surface area contributed by atoms with Crippen LogP contribution < -0.4 is 0 Å². The van der Waals surface area contributed by atoms with Crippen LogP contribution in [0.15, 0.2) is 51.6 Å². The van der Waals surface area contributed by atoms with Crippen LogP contribution in [0.1, 0.15) is 24.1 Å². The van der Waals surface area contributed by atoms with Gasteiger partial charge in [-0.1, -0.05) is 22.4 Å². The van der Waals surface area contributed by atoms with E-state index in [0.717, 1.165) is 25.2 Å². The van der Waals surface area contributed by atoms with Gasteiger partial charge in [-0.2, -0.15) is 9.97 Å². The quantitative estimate of drug-likeness (QED) is 0.513. The minimum atomic E-state index is -0.380. The molecule has 0 radical (unpaired) electrons. The zero-order chi connectivity index (χ0) is 19.8. The smallest absolute Gasteiger partial charge is 0.260 e. The topological polar surface area (TPSA) is 86.0 Å². The van der Waals surface area contributed by atoms with Crippen LogP contribution in [0, 0.1) is 5.82 Å². The molecule has 0 amide bonds. The summed E-state index contributed by atoms with van der Waals surface area (Å²) < 4.78 is 26.6. The maximum absolute atomic E-state index is 13.9. The molecule has 4 heterocycles. The number of likely N-dealkylation sites (tertiary alicyclic amines) is 1. The Hall–Kier alpha value is -3.33. The van der Waals surface area contributed by atoms with E-state index >= 15 is 0 Å². The second-order valence-electron chi connectivity index (χ2n) is 7.18. The first-order chi connectivity index (χ1) is 14.2. The van der Waals surface area contributed by atoms with Crippen LogP contribution in [0.5, 0.6) is 0 Å². The number of hydrogen-bond donors (Lipinski definition) is 0. The molecule has 1 atom stereocenters. The van der Waals surface area contributed by atoms with E-state index in [1.165, 1.54) is 6.07 Å². The molecule has 1 aromatic carbocycles. The molecule has 0 aliphatic carbocycles. The second-order valence-corrected chi connectivity index (χ2v) is 7.18. The Morgan fingerprint density at radius 3 is 2.83 bits per heavy atom. The van der Waals surface area contributed by atoms with Gasteiger partial charge in [-0.3, -0.25) is 4.90 Å². The molecule has 1 aliphatic heterocycles. The number of aryl methyl sites for hydroxylation is 1. The molecule has 1 saturated heterocycles. The Kier molecular flexibility index (Phi) is 4.44. The molecule has 1 aliphatic rings. The molecule has 148 valence electrons. The lowest BCUT2D eigenvalue weighted by Gasteiger charge is -2.11. The highest BCUT2D eigenvalue weighted by Gasteiger charge is 2.29. The minimum Gasteiger partial charge on any atom is -0.348 e. The number of aromatic nitrogens is 5. The molecule has 1 unspecified atom stereocenters. The van der Waals surface area contributed by atoms with Crippen LogP contribution in [-0.2, 0) is 13.6 Å². The zero-order valence-corrected chi connectivity index (χ0v) is 15.8. The Balaban J connectivity index is 1.25. The van der Waals surface area contributed by atoms with Gasteiger partial charge in [0, 0.05) is 19.8 Å². The Labute approximate surface area is 166 Å². The second kappa shape index (κ2) is 7.25. The van der Waals surface area contributed by atoms with Crippen molar-refractivity contribution in [2.75, 3.05) is 13.1 Å². The van der Waals surface area contributed by atoms with Gasteiger partial charge in [0.25, 0.3) is 5.89 Å². The van der Waals surface area contributed by atoms with Crippen molar-refractivity contribution in [3.8, 4) is 23.0 Å². The van der Waals surface area contributed by atoms with E-state index in [-0.39, 0.29) is 17.6 Å². The molecule has 3 aromatic heterocycles. The maximum Gasteiger partial charge on any atom is 0.260 e. The molecule has 0 bridgehead atoms. The van der Waals surface area contributed by atoms with Gasteiger partial charge in [0.2, 0.25) is 11.7 Å². The maximum atomic E-state index is 13.9. The van der Waals surface area contributed by atoms with Gasteiger partial charge >= 0.3 is 0 Å². The first-order valence-electron chi connectivity index (χ1n) is 9.42. The average Bonchev–Trinajstić information content (AvgIpc) is 3.49. The Bertz CT molecular complexity index is 1130. The number of halogens is 1. The summed E-state index contributed by atoms with van der Waals surface area (Å²) in [5, 5.41) is 8.11. The fourth-order valence-electron chi connectivity index (χ4n) is 3.64. The predicted molar refractivity (Wildman–Crippen MR) is 101 cm³/mol. The number of hydrogen-bond acceptors (Lipinski definition) is 7. The van der Waals surface area contributed by atoms with Crippen molar-refractivity contribution in [2.24, 2.45) is 7.05 Å². The van der Waals surface area contributed by atoms with Crippen LogP contribution in [0.4, 0.5) is 4.39 Å². The normalized spacial score (nSPS) is 17.2. The molecule has 8 nitrogen and oxygen atoms in total. The van der Waals surface area contributed by atoms with Crippen LogP contribution in [0.25, 0.3) is 23.0 Å². The lowest BCUT2D eigenvalue weighted by Crippen LogP contribution is -2.20. The molecule has 4 aromatic rings. The van der Waals surface area contributed by atoms with Crippen LogP contribution in [-0.4, -0.2) is 42.8 Å². The van der Waals surface area contributed by atoms with Gasteiger partial charge in [0.1, 0.15) is 5.82 Å². The summed E-state index contributed by atoms with van der Waals surface area (Å²) in [6, 6.07) is 10.3. The highest BCUT2D eigenvalue weighted by Crippen LogP contribution is 2.29. The molecular weight excluding hydrogens is 375 g/mol. The van der Waals surface area contributed by atoms with Gasteiger partial charge in [-0.05, 0) is 37.2 Å². The summed E-state index contributed by atoms with van der Waals surface area (Å²) in [6.07, 6.45) is 2.86. The Morgan fingerprint density at radius 2 is 2.00 bits per heavy atom. The van der Waals surface area contributed by atoms with Crippen molar-refractivity contribution in [3.63, 3.8) is 0 Å². The SMILES string of the molecule is Cn1cccc1-c1noc(C2CCN(Cc3noc(-c4ccccc4F)n3)C2)n1. The van der Waals surface area contributed by atoms with Crippen molar-refractivity contribution in [1.82, 2.24) is 29.7 Å². The van der Waals surface area contributed by atoms with Crippen molar-refractivity contribution in [2.45, 2.75) is 18.9 Å². The van der Waals surface area contributed by atoms with Crippen molar-refractivity contribution in [3.05, 3.63) is 60.1 Å². The summed E-state index contributed by atoms with van der Waals surface area (Å²) in [5.41, 5.74) is 1.23. The third-order valence-electron chi connectivity index (χ3n) is 5.17. The molecule has 29 heavy (non-hydrogen) atoms. The van der Waals surface area contributed by atoms with E-state index in [0.29, 0.717) is 29.6 Å². The minimum absolute atomic E-state index is 0.162.